The summed E-state index contributed by atoms with van der Waals surface area (Å²) in [6, 6.07) is 7.50. The highest BCUT2D eigenvalue weighted by Crippen LogP contribution is 2.28. The minimum Gasteiger partial charge on any atom is -0.493 e. The predicted octanol–water partition coefficient (Wildman–Crippen LogP) is 3.01. The maximum absolute atomic E-state index is 5.59. The number of rotatable bonds is 5. The Bertz CT molecular complexity index is 496. The Morgan fingerprint density at radius 1 is 1.14 bits per heavy atom. The second-order valence-electron chi connectivity index (χ2n) is 6.94. The monoisotopic (exact) mass is 322 g/mol. The molecule has 0 aromatic heterocycles. The molecule has 122 valence electrons. The van der Waals surface area contributed by atoms with Gasteiger partial charge in [-0.3, -0.25) is 4.90 Å². The molecule has 0 unspecified atom stereocenters. The van der Waals surface area contributed by atoms with Gasteiger partial charge in [0.05, 0.1) is 6.61 Å². The zero-order chi connectivity index (χ0) is 14.1. The van der Waals surface area contributed by atoms with Crippen molar-refractivity contribution in [3.63, 3.8) is 0 Å². The molecule has 1 saturated heterocycles. The third-order valence-corrected chi connectivity index (χ3v) is 5.14. The van der Waals surface area contributed by atoms with Gasteiger partial charge in [-0.1, -0.05) is 12.1 Å². The third-order valence-electron chi connectivity index (χ3n) is 5.14. The van der Waals surface area contributed by atoms with Gasteiger partial charge in [-0.05, 0) is 68.4 Å². The summed E-state index contributed by atoms with van der Waals surface area (Å²) in [5, 5.41) is 3.76. The smallest absolute Gasteiger partial charge is 0.122 e. The fourth-order valence-corrected chi connectivity index (χ4v) is 3.55. The van der Waals surface area contributed by atoms with Gasteiger partial charge in [-0.2, -0.15) is 0 Å². The van der Waals surface area contributed by atoms with E-state index < -0.39 is 0 Å². The van der Waals surface area contributed by atoms with Crippen molar-refractivity contribution in [3.8, 4) is 5.75 Å². The van der Waals surface area contributed by atoms with Crippen LogP contribution in [-0.2, 0) is 13.0 Å². The van der Waals surface area contributed by atoms with Crippen LogP contribution in [0.1, 0.15) is 36.8 Å². The van der Waals surface area contributed by atoms with Crippen LogP contribution < -0.4 is 10.1 Å². The molecule has 2 aliphatic heterocycles. The molecule has 0 atom stereocenters. The number of ether oxygens (including phenoxy) is 1. The van der Waals surface area contributed by atoms with Crippen molar-refractivity contribution in [1.29, 1.82) is 0 Å². The molecule has 0 bridgehead atoms. The molecule has 2 heterocycles. The van der Waals surface area contributed by atoms with Gasteiger partial charge in [0, 0.05) is 19.0 Å². The molecule has 0 radical (unpaired) electrons. The highest BCUT2D eigenvalue weighted by atomic mass is 35.5. The topological polar surface area (TPSA) is 24.5 Å². The van der Waals surface area contributed by atoms with E-state index in [0.717, 1.165) is 37.3 Å². The highest BCUT2D eigenvalue weighted by molar-refractivity contribution is 5.85. The van der Waals surface area contributed by atoms with E-state index in [2.05, 4.69) is 28.4 Å². The van der Waals surface area contributed by atoms with Crippen molar-refractivity contribution in [3.05, 3.63) is 29.3 Å². The number of fused-ring (bicyclic) bond motifs is 1. The Morgan fingerprint density at radius 3 is 2.73 bits per heavy atom. The Morgan fingerprint density at radius 2 is 1.95 bits per heavy atom. The SMILES string of the molecule is Cl.c1cc2c(cc1CN1CCC(NCC3CC3)CC1)CCO2. The third kappa shape index (κ3) is 3.95. The molecular weight excluding hydrogens is 296 g/mol. The number of nitrogens with zero attached hydrogens (tertiary/aromatic N) is 1. The number of nitrogens with one attached hydrogen (secondary N) is 1. The second kappa shape index (κ2) is 7.20. The minimum absolute atomic E-state index is 0. The average molecular weight is 323 g/mol. The summed E-state index contributed by atoms with van der Waals surface area (Å²) in [5.41, 5.74) is 2.84. The van der Waals surface area contributed by atoms with Gasteiger partial charge in [0.1, 0.15) is 5.75 Å². The van der Waals surface area contributed by atoms with Gasteiger partial charge in [-0.15, -0.1) is 12.4 Å². The highest BCUT2D eigenvalue weighted by Gasteiger charge is 2.24. The Hall–Kier alpha value is -0.770. The van der Waals surface area contributed by atoms with Crippen LogP contribution in [0.15, 0.2) is 18.2 Å². The first-order chi connectivity index (χ1) is 10.4. The molecule has 3 nitrogen and oxygen atoms in total. The maximum Gasteiger partial charge on any atom is 0.122 e. The molecule has 4 rings (SSSR count). The normalized spacial score (nSPS) is 22.0. The standard InChI is InChI=1S/C18H26N2O.ClH/c1-2-14(1)12-19-17-5-8-20(9-6-17)13-15-3-4-18-16(11-15)7-10-21-18;/h3-4,11,14,17,19H,1-2,5-10,12-13H2;1H. The summed E-state index contributed by atoms with van der Waals surface area (Å²) in [4.78, 5) is 2.60. The van der Waals surface area contributed by atoms with Gasteiger partial charge in [-0.25, -0.2) is 0 Å². The zero-order valence-electron chi connectivity index (χ0n) is 13.2. The second-order valence-corrected chi connectivity index (χ2v) is 6.94. The number of halogens is 1. The summed E-state index contributed by atoms with van der Waals surface area (Å²) in [7, 11) is 0. The maximum atomic E-state index is 5.59. The molecule has 1 aliphatic carbocycles. The molecule has 1 aromatic rings. The van der Waals surface area contributed by atoms with Crippen LogP contribution >= 0.6 is 12.4 Å². The van der Waals surface area contributed by atoms with E-state index in [9.17, 15) is 0 Å². The lowest BCUT2D eigenvalue weighted by Crippen LogP contribution is -2.42. The van der Waals surface area contributed by atoms with Crippen molar-refractivity contribution in [2.75, 3.05) is 26.2 Å². The van der Waals surface area contributed by atoms with Crippen molar-refractivity contribution < 1.29 is 4.74 Å². The first-order valence-electron chi connectivity index (χ1n) is 8.57. The predicted molar refractivity (Wildman–Crippen MR) is 91.9 cm³/mol. The van der Waals surface area contributed by atoms with Crippen LogP contribution in [0.5, 0.6) is 5.75 Å². The van der Waals surface area contributed by atoms with Gasteiger partial charge in [0.15, 0.2) is 0 Å². The Kier molecular flexibility index (Phi) is 5.27. The Labute approximate surface area is 139 Å². The van der Waals surface area contributed by atoms with Crippen molar-refractivity contribution in [2.45, 2.75) is 44.7 Å². The van der Waals surface area contributed by atoms with Crippen LogP contribution in [0.25, 0.3) is 0 Å². The lowest BCUT2D eigenvalue weighted by atomic mass is 10.0. The largest absolute Gasteiger partial charge is 0.493 e. The summed E-state index contributed by atoms with van der Waals surface area (Å²) in [6.45, 7) is 5.68. The average Bonchev–Trinajstić information content (AvgIpc) is 3.23. The van der Waals surface area contributed by atoms with Crippen molar-refractivity contribution in [2.24, 2.45) is 5.92 Å². The number of benzene rings is 1. The molecule has 1 saturated carbocycles. The molecule has 1 N–H and O–H groups in total. The van der Waals surface area contributed by atoms with E-state index in [-0.39, 0.29) is 12.4 Å². The van der Waals surface area contributed by atoms with E-state index >= 15 is 0 Å². The number of hydrogen-bond donors (Lipinski definition) is 1. The van der Waals surface area contributed by atoms with Crippen LogP contribution in [0, 0.1) is 5.92 Å². The lowest BCUT2D eigenvalue weighted by Gasteiger charge is -2.32. The zero-order valence-corrected chi connectivity index (χ0v) is 14.0. The fraction of sp³-hybridized carbons (Fsp3) is 0.667. The van der Waals surface area contributed by atoms with E-state index in [1.165, 1.54) is 56.4 Å². The number of hydrogen-bond acceptors (Lipinski definition) is 3. The first kappa shape index (κ1) is 16.1. The van der Waals surface area contributed by atoms with E-state index in [4.69, 9.17) is 4.74 Å². The van der Waals surface area contributed by atoms with Crippen LogP contribution in [-0.4, -0.2) is 37.2 Å². The van der Waals surface area contributed by atoms with Gasteiger partial charge in [0.25, 0.3) is 0 Å². The summed E-state index contributed by atoms with van der Waals surface area (Å²) >= 11 is 0. The van der Waals surface area contributed by atoms with Gasteiger partial charge >= 0.3 is 0 Å². The van der Waals surface area contributed by atoms with Crippen LogP contribution in [0.3, 0.4) is 0 Å². The molecule has 0 spiro atoms. The van der Waals surface area contributed by atoms with Gasteiger partial charge in [0.2, 0.25) is 0 Å². The van der Waals surface area contributed by atoms with Gasteiger partial charge < -0.3 is 10.1 Å². The molecule has 2 fully saturated rings. The summed E-state index contributed by atoms with van der Waals surface area (Å²) in [6.07, 6.45) is 6.60. The van der Waals surface area contributed by atoms with Crippen molar-refractivity contribution >= 4 is 12.4 Å². The van der Waals surface area contributed by atoms with Crippen LogP contribution in [0.4, 0.5) is 0 Å². The molecule has 4 heteroatoms. The van der Waals surface area contributed by atoms with E-state index in [1.807, 2.05) is 0 Å². The summed E-state index contributed by atoms with van der Waals surface area (Å²) < 4.78 is 5.59. The van der Waals surface area contributed by atoms with Crippen molar-refractivity contribution in [1.82, 2.24) is 10.2 Å². The van der Waals surface area contributed by atoms with E-state index in [0.29, 0.717) is 0 Å². The first-order valence-corrected chi connectivity index (χ1v) is 8.57. The quantitative estimate of drug-likeness (QED) is 0.902. The lowest BCUT2D eigenvalue weighted by molar-refractivity contribution is 0.190. The Balaban J connectivity index is 0.00000144. The van der Waals surface area contributed by atoms with E-state index in [1.54, 1.807) is 0 Å². The fourth-order valence-electron chi connectivity index (χ4n) is 3.55. The molecule has 1 aromatic carbocycles. The number of likely N-dealkylation sites (tertiary alicyclic amines) is 1. The molecular formula is C18H27ClN2O. The summed E-state index contributed by atoms with van der Waals surface area (Å²) in [5.74, 6) is 2.10. The molecule has 0 amide bonds. The minimum atomic E-state index is 0. The molecule has 22 heavy (non-hydrogen) atoms. The van der Waals surface area contributed by atoms with Crippen LogP contribution in [0.2, 0.25) is 0 Å². The molecule has 3 aliphatic rings. The number of piperidine rings is 1.